The van der Waals surface area contributed by atoms with Gasteiger partial charge in [-0.25, -0.2) is 4.73 Å². The molecule has 0 bridgehead atoms. The first-order valence-corrected chi connectivity index (χ1v) is 6.45. The molecule has 0 saturated carbocycles. The molecule has 0 unspecified atom stereocenters. The number of ether oxygens (including phenoxy) is 1. The van der Waals surface area contributed by atoms with Gasteiger partial charge >= 0.3 is 5.95 Å². The lowest BCUT2D eigenvalue weighted by Crippen LogP contribution is -2.36. The van der Waals surface area contributed by atoms with Gasteiger partial charge in [-0.3, -0.25) is 0 Å². The van der Waals surface area contributed by atoms with Crippen molar-refractivity contribution >= 4 is 11.8 Å². The summed E-state index contributed by atoms with van der Waals surface area (Å²) in [5, 5.41) is 14.7. The number of nitrogen functional groups attached to an aromatic ring is 1. The molecule has 1 aromatic rings. The third-order valence-corrected chi connectivity index (χ3v) is 2.45. The smallest absolute Gasteiger partial charge is 0.347 e. The van der Waals surface area contributed by atoms with E-state index in [1.165, 1.54) is 0 Å². The minimum atomic E-state index is -0.0957. The average Bonchev–Trinajstić information content (AvgIpc) is 2.37. The zero-order valence-electron chi connectivity index (χ0n) is 11.1. The lowest BCUT2D eigenvalue weighted by molar-refractivity contribution is -0.577. The van der Waals surface area contributed by atoms with E-state index in [0.717, 1.165) is 32.2 Å². The predicted molar refractivity (Wildman–Crippen MR) is 71.4 cm³/mol. The van der Waals surface area contributed by atoms with Crippen molar-refractivity contribution in [3.05, 3.63) is 11.3 Å². The highest BCUT2D eigenvalue weighted by Crippen LogP contribution is 2.13. The van der Waals surface area contributed by atoms with Crippen LogP contribution in [0.2, 0.25) is 0 Å². The van der Waals surface area contributed by atoms with Crippen molar-refractivity contribution in [3.8, 4) is 5.88 Å². The molecular formula is C12H22N4O2. The Balaban J connectivity index is 2.66. The molecule has 3 N–H and O–H groups in total. The molecule has 0 aliphatic heterocycles. The Morgan fingerprint density at radius 1 is 1.39 bits per heavy atom. The van der Waals surface area contributed by atoms with Gasteiger partial charge < -0.3 is 21.0 Å². The summed E-state index contributed by atoms with van der Waals surface area (Å²) in [7, 11) is 0. The van der Waals surface area contributed by atoms with E-state index in [2.05, 4.69) is 17.2 Å². The van der Waals surface area contributed by atoms with E-state index in [9.17, 15) is 5.21 Å². The summed E-state index contributed by atoms with van der Waals surface area (Å²) < 4.78 is 5.96. The van der Waals surface area contributed by atoms with Crippen molar-refractivity contribution < 1.29 is 9.47 Å². The molecule has 0 radical (unpaired) electrons. The first-order chi connectivity index (χ1) is 8.69. The Morgan fingerprint density at radius 3 is 2.83 bits per heavy atom. The van der Waals surface area contributed by atoms with Crippen molar-refractivity contribution in [1.29, 1.82) is 0 Å². The summed E-state index contributed by atoms with van der Waals surface area (Å²) in [5.41, 5.74) is 5.54. The summed E-state index contributed by atoms with van der Waals surface area (Å²) >= 11 is 0. The van der Waals surface area contributed by atoms with E-state index >= 15 is 0 Å². The number of anilines is 2. The van der Waals surface area contributed by atoms with Crippen LogP contribution in [-0.4, -0.2) is 18.1 Å². The minimum Gasteiger partial charge on any atom is -0.754 e. The summed E-state index contributed by atoms with van der Waals surface area (Å²) in [5.74, 6) is 0.686. The Labute approximate surface area is 108 Å². The highest BCUT2D eigenvalue weighted by Gasteiger charge is 2.10. The van der Waals surface area contributed by atoms with Crippen LogP contribution >= 0.6 is 0 Å². The van der Waals surface area contributed by atoms with Crippen LogP contribution in [0.1, 0.15) is 39.5 Å². The predicted octanol–water partition coefficient (Wildman–Crippen LogP) is 1.69. The lowest BCUT2D eigenvalue weighted by atomic mass is 10.2. The zero-order valence-corrected chi connectivity index (χ0v) is 11.1. The molecule has 102 valence electrons. The Hall–Kier alpha value is -1.72. The molecule has 0 fully saturated rings. The van der Waals surface area contributed by atoms with Crippen LogP contribution < -0.4 is 20.5 Å². The number of nitrogens with two attached hydrogens (primary N) is 1. The van der Waals surface area contributed by atoms with Gasteiger partial charge in [0.2, 0.25) is 5.82 Å². The number of hydrogen-bond donors (Lipinski definition) is 2. The van der Waals surface area contributed by atoms with Crippen LogP contribution in [-0.2, 0) is 0 Å². The molecule has 6 nitrogen and oxygen atoms in total. The number of nitrogens with one attached hydrogen (secondary N) is 1. The van der Waals surface area contributed by atoms with Crippen molar-refractivity contribution in [2.75, 3.05) is 24.2 Å². The maximum atomic E-state index is 11.7. The molecule has 0 saturated heterocycles. The summed E-state index contributed by atoms with van der Waals surface area (Å²) in [6.07, 6.45) is 4.17. The molecule has 18 heavy (non-hydrogen) atoms. The molecule has 0 aromatic carbocycles. The quantitative estimate of drug-likeness (QED) is 0.419. The van der Waals surface area contributed by atoms with Gasteiger partial charge in [-0.2, -0.15) is 0 Å². The molecule has 1 rings (SSSR count). The van der Waals surface area contributed by atoms with Crippen molar-refractivity contribution in [2.45, 2.75) is 39.5 Å². The van der Waals surface area contributed by atoms with Gasteiger partial charge in [-0.15, -0.1) is 0 Å². The zero-order chi connectivity index (χ0) is 13.4. The minimum absolute atomic E-state index is 0.0957. The number of unbranched alkanes of at least 4 members (excludes halogenated alkanes) is 2. The summed E-state index contributed by atoms with van der Waals surface area (Å²) in [6.45, 7) is 5.44. The molecule has 6 heteroatoms. The second kappa shape index (κ2) is 7.58. The average molecular weight is 254 g/mol. The Kier molecular flexibility index (Phi) is 6.04. The standard InChI is InChI=1S/C12H22N4O2/c1-3-5-6-7-14-10-9-11(18-8-4-2)15-12(13)16(10)17/h9,14H,3-8H2,1-2H3,(H2,13,15). The maximum Gasteiger partial charge on any atom is 0.347 e. The topological polar surface area (TPSA) is 87.1 Å². The normalized spacial score (nSPS) is 10.3. The largest absolute Gasteiger partial charge is 0.754 e. The highest BCUT2D eigenvalue weighted by atomic mass is 16.5. The van der Waals surface area contributed by atoms with E-state index in [1.807, 2.05) is 6.92 Å². The van der Waals surface area contributed by atoms with Gasteiger partial charge in [0.1, 0.15) is 0 Å². The second-order valence-corrected chi connectivity index (χ2v) is 4.11. The van der Waals surface area contributed by atoms with E-state index < -0.39 is 0 Å². The van der Waals surface area contributed by atoms with Crippen molar-refractivity contribution in [1.82, 2.24) is 4.98 Å². The first-order valence-electron chi connectivity index (χ1n) is 6.45. The van der Waals surface area contributed by atoms with Crippen molar-refractivity contribution in [3.63, 3.8) is 0 Å². The van der Waals surface area contributed by atoms with Crippen molar-refractivity contribution in [2.24, 2.45) is 0 Å². The fraction of sp³-hybridized carbons (Fsp3) is 0.667. The lowest BCUT2D eigenvalue weighted by Gasteiger charge is -2.14. The number of hydrogen-bond acceptors (Lipinski definition) is 5. The SMILES string of the molecule is CCCCCNc1cc(OCCC)nc(N)[n+]1[O-]. The molecule has 0 atom stereocenters. The molecule has 1 aromatic heterocycles. The number of aromatic nitrogens is 2. The van der Waals surface area contributed by atoms with Gasteiger partial charge in [-0.1, -0.05) is 31.7 Å². The van der Waals surface area contributed by atoms with E-state index in [-0.39, 0.29) is 5.95 Å². The van der Waals surface area contributed by atoms with Crippen LogP contribution in [0, 0.1) is 5.21 Å². The Morgan fingerprint density at radius 2 is 2.17 bits per heavy atom. The van der Waals surface area contributed by atoms with Gasteiger partial charge in [0.15, 0.2) is 0 Å². The van der Waals surface area contributed by atoms with E-state index in [0.29, 0.717) is 23.0 Å². The fourth-order valence-electron chi connectivity index (χ4n) is 1.48. The first kappa shape index (κ1) is 14.3. The number of rotatable bonds is 8. The van der Waals surface area contributed by atoms with Crippen LogP contribution in [0.3, 0.4) is 0 Å². The van der Waals surface area contributed by atoms with Gasteiger partial charge in [0.25, 0.3) is 5.88 Å². The van der Waals surface area contributed by atoms with Gasteiger partial charge in [0, 0.05) is 6.54 Å². The molecule has 0 amide bonds. The fourth-order valence-corrected chi connectivity index (χ4v) is 1.48. The monoisotopic (exact) mass is 254 g/mol. The molecule has 0 aliphatic carbocycles. The molecule has 0 spiro atoms. The molecule has 0 aliphatic rings. The van der Waals surface area contributed by atoms with Gasteiger partial charge in [-0.05, 0) is 12.8 Å². The third-order valence-electron chi connectivity index (χ3n) is 2.45. The Bertz CT molecular complexity index is 371. The second-order valence-electron chi connectivity index (χ2n) is 4.11. The van der Waals surface area contributed by atoms with E-state index in [4.69, 9.17) is 10.5 Å². The summed E-state index contributed by atoms with van der Waals surface area (Å²) in [4.78, 5) is 3.88. The van der Waals surface area contributed by atoms with Crippen LogP contribution in [0.4, 0.5) is 11.8 Å². The van der Waals surface area contributed by atoms with Crippen LogP contribution in [0.5, 0.6) is 5.88 Å². The molecular weight excluding hydrogens is 232 g/mol. The number of nitrogens with zero attached hydrogens (tertiary/aromatic N) is 2. The van der Waals surface area contributed by atoms with Crippen LogP contribution in [0.15, 0.2) is 6.07 Å². The molecule has 1 heterocycles. The van der Waals surface area contributed by atoms with Gasteiger partial charge in [0.05, 0.1) is 12.7 Å². The van der Waals surface area contributed by atoms with Crippen LogP contribution in [0.25, 0.3) is 0 Å². The highest BCUT2D eigenvalue weighted by molar-refractivity contribution is 5.36. The summed E-state index contributed by atoms with van der Waals surface area (Å²) in [6, 6.07) is 1.59. The maximum absolute atomic E-state index is 11.7. The third kappa shape index (κ3) is 4.27. The van der Waals surface area contributed by atoms with E-state index in [1.54, 1.807) is 6.07 Å².